The fraction of sp³-hybridized carbons (Fsp3) is 0.900. The van der Waals surface area contributed by atoms with Crippen LogP contribution in [0.25, 0.3) is 0 Å². The molecule has 6 rings (SSSR count). The van der Waals surface area contributed by atoms with Crippen molar-refractivity contribution in [1.82, 2.24) is 0 Å². The van der Waals surface area contributed by atoms with Gasteiger partial charge in [-0.1, -0.05) is 13.8 Å². The summed E-state index contributed by atoms with van der Waals surface area (Å²) < 4.78 is 22.7. The van der Waals surface area contributed by atoms with Gasteiger partial charge in [0, 0.05) is 18.6 Å². The lowest BCUT2D eigenvalue weighted by Crippen LogP contribution is -2.66. The summed E-state index contributed by atoms with van der Waals surface area (Å²) in [5.41, 5.74) is -0.550. The Morgan fingerprint density at radius 1 is 1.05 bits per heavy atom. The fourth-order valence-corrected chi connectivity index (χ4v) is 10.2. The Balaban J connectivity index is 1.18. The number of ether oxygens (including phenoxy) is 4. The lowest BCUT2D eigenvalue weighted by Gasteiger charge is -2.65. The number of aliphatic hydroxyl groups is 4. The van der Waals surface area contributed by atoms with E-state index >= 15 is 0 Å². The highest BCUT2D eigenvalue weighted by Crippen LogP contribution is 2.70. The molecule has 5 fully saturated rings. The second-order valence-corrected chi connectivity index (χ2v) is 13.9. The summed E-state index contributed by atoms with van der Waals surface area (Å²) in [5.74, 6) is 0.0523. The lowest BCUT2D eigenvalue weighted by molar-refractivity contribution is -0.314. The van der Waals surface area contributed by atoms with Gasteiger partial charge in [-0.3, -0.25) is 0 Å². The number of carbonyl (C=O) groups excluding carboxylic acids is 1. The van der Waals surface area contributed by atoms with Crippen molar-refractivity contribution in [3.8, 4) is 0 Å². The second kappa shape index (κ2) is 9.75. The molecule has 2 aliphatic heterocycles. The molecule has 9 nitrogen and oxygen atoms in total. The highest BCUT2D eigenvalue weighted by Gasteiger charge is 2.70. The van der Waals surface area contributed by atoms with Crippen LogP contribution in [0.15, 0.2) is 11.6 Å². The molecule has 39 heavy (non-hydrogen) atoms. The minimum absolute atomic E-state index is 0.00175. The van der Waals surface area contributed by atoms with Gasteiger partial charge in [-0.05, 0) is 93.0 Å². The number of carbonyl (C=O) groups is 1. The Kier molecular flexibility index (Phi) is 7.02. The summed E-state index contributed by atoms with van der Waals surface area (Å²) >= 11 is 0. The molecule has 14 atom stereocenters. The van der Waals surface area contributed by atoms with E-state index in [9.17, 15) is 25.2 Å². The first-order valence-corrected chi connectivity index (χ1v) is 14.9. The quantitative estimate of drug-likeness (QED) is 0.307. The monoisotopic (exact) mass is 550 g/mol. The van der Waals surface area contributed by atoms with Crippen molar-refractivity contribution < 1.29 is 44.2 Å². The maximum absolute atomic E-state index is 12.4. The van der Waals surface area contributed by atoms with E-state index in [0.717, 1.165) is 44.1 Å². The number of aliphatic hydroxyl groups excluding tert-OH is 3. The van der Waals surface area contributed by atoms with E-state index < -0.39 is 47.8 Å². The largest absolute Gasteiger partial charge is 0.458 e. The molecular formula is C30H46O9. The Bertz CT molecular complexity index is 1000. The lowest BCUT2D eigenvalue weighted by atomic mass is 9.42. The van der Waals surface area contributed by atoms with Crippen molar-refractivity contribution >= 4 is 5.97 Å². The molecule has 9 heteroatoms. The molecule has 0 aromatic heterocycles. The summed E-state index contributed by atoms with van der Waals surface area (Å²) in [6.45, 7) is 6.46. The van der Waals surface area contributed by atoms with Crippen LogP contribution < -0.4 is 0 Å². The third kappa shape index (κ3) is 4.09. The van der Waals surface area contributed by atoms with Gasteiger partial charge in [0.05, 0.1) is 23.9 Å². The smallest absolute Gasteiger partial charge is 0.331 e. The zero-order valence-electron chi connectivity index (χ0n) is 23.6. The Labute approximate surface area is 230 Å². The summed E-state index contributed by atoms with van der Waals surface area (Å²) in [6.07, 6.45) is 3.05. The minimum atomic E-state index is -1.08. The van der Waals surface area contributed by atoms with Gasteiger partial charge in [0.2, 0.25) is 0 Å². The van der Waals surface area contributed by atoms with Gasteiger partial charge in [0.15, 0.2) is 6.29 Å². The first-order valence-electron chi connectivity index (χ1n) is 14.9. The number of esters is 1. The average Bonchev–Trinajstić information content (AvgIpc) is 3.42. The number of cyclic esters (lactones) is 1. The van der Waals surface area contributed by atoms with Gasteiger partial charge in [0.25, 0.3) is 0 Å². The average molecular weight is 551 g/mol. The molecule has 4 N–H and O–H groups in total. The number of rotatable bonds is 4. The Morgan fingerprint density at radius 3 is 2.51 bits per heavy atom. The van der Waals surface area contributed by atoms with Gasteiger partial charge in [-0.2, -0.15) is 0 Å². The minimum Gasteiger partial charge on any atom is -0.458 e. The van der Waals surface area contributed by atoms with Crippen molar-refractivity contribution in [1.29, 1.82) is 0 Å². The third-order valence-electron chi connectivity index (χ3n) is 12.3. The van der Waals surface area contributed by atoms with E-state index in [1.807, 2.05) is 0 Å². The highest BCUT2D eigenvalue weighted by atomic mass is 16.7. The van der Waals surface area contributed by atoms with Crippen molar-refractivity contribution in [2.24, 2.45) is 34.5 Å². The molecule has 1 saturated heterocycles. The predicted molar refractivity (Wildman–Crippen MR) is 139 cm³/mol. The molecule has 4 aliphatic carbocycles. The molecule has 2 heterocycles. The molecule has 0 unspecified atom stereocenters. The van der Waals surface area contributed by atoms with Crippen LogP contribution in [0.5, 0.6) is 0 Å². The molecule has 0 amide bonds. The van der Waals surface area contributed by atoms with Gasteiger partial charge in [0.1, 0.15) is 24.9 Å². The molecule has 220 valence electrons. The maximum atomic E-state index is 12.4. The molecule has 6 aliphatic rings. The number of hydrogen-bond donors (Lipinski definition) is 4. The number of hydrogen-bond acceptors (Lipinski definition) is 9. The van der Waals surface area contributed by atoms with Crippen LogP contribution in [0.4, 0.5) is 0 Å². The van der Waals surface area contributed by atoms with E-state index in [1.165, 1.54) is 7.11 Å². The topological polar surface area (TPSA) is 135 Å². The van der Waals surface area contributed by atoms with Crippen LogP contribution in [0.3, 0.4) is 0 Å². The van der Waals surface area contributed by atoms with Crippen LogP contribution >= 0.6 is 0 Å². The molecular weight excluding hydrogens is 504 g/mol. The maximum Gasteiger partial charge on any atom is 0.331 e. The normalized spacial score (nSPS) is 55.3. The van der Waals surface area contributed by atoms with E-state index in [0.29, 0.717) is 25.4 Å². The summed E-state index contributed by atoms with van der Waals surface area (Å²) in [7, 11) is 1.47. The van der Waals surface area contributed by atoms with E-state index in [-0.39, 0.29) is 35.2 Å². The zero-order chi connectivity index (χ0) is 27.9. The number of fused-ring (bicyclic) bond motifs is 5. The standard InChI is InChI=1S/C30H46O9/c1-15-24(33)26(36-4)25(34)27(38-15)39-18-7-9-28(2)17(12-18)5-6-20-23(28)21(31)13-29(3)19(8-10-30(20,29)35)16-11-22(32)37-14-16/h11,15,17-21,23-27,31,33-35H,5-10,12-14H2,1-4H3/t15-,17-,18+,19-,20-,21-,23-,24+,25-,26+,27+,28+,29-,30-/m1/s1. The molecule has 4 saturated carbocycles. The molecule has 0 radical (unpaired) electrons. The second-order valence-electron chi connectivity index (χ2n) is 13.9. The van der Waals surface area contributed by atoms with E-state index in [4.69, 9.17) is 18.9 Å². The van der Waals surface area contributed by atoms with Crippen molar-refractivity contribution in [2.45, 2.75) is 121 Å². The van der Waals surface area contributed by atoms with Crippen LogP contribution in [-0.4, -0.2) is 88.6 Å². The van der Waals surface area contributed by atoms with Gasteiger partial charge < -0.3 is 39.4 Å². The SMILES string of the molecule is CO[C@H]1[C@@H](O)[C@@H](C)O[C@@H](O[C@H]2CC[C@@]3(C)[C@H](CC[C@@H]4[C@@H]3[C@H](O)C[C@]3(C)[C@@H](C5=CC(=O)OC5)CC[C@@]43O)C2)[C@@H]1O. The van der Waals surface area contributed by atoms with Gasteiger partial charge in [-0.15, -0.1) is 0 Å². The fourth-order valence-electron chi connectivity index (χ4n) is 10.2. The summed E-state index contributed by atoms with van der Waals surface area (Å²) in [4.78, 5) is 11.8. The van der Waals surface area contributed by atoms with Crippen LogP contribution in [0, 0.1) is 34.5 Å². The summed E-state index contributed by atoms with van der Waals surface area (Å²) in [6, 6.07) is 0. The van der Waals surface area contributed by atoms with Crippen molar-refractivity contribution in [2.75, 3.05) is 13.7 Å². The predicted octanol–water partition coefficient (Wildman–Crippen LogP) is 2.08. The first-order chi connectivity index (χ1) is 18.4. The molecule has 0 aromatic carbocycles. The first kappa shape index (κ1) is 28.1. The molecule has 0 aromatic rings. The Hall–Kier alpha value is -1.07. The van der Waals surface area contributed by atoms with Gasteiger partial charge >= 0.3 is 5.97 Å². The number of methoxy groups -OCH3 is 1. The van der Waals surface area contributed by atoms with E-state index in [2.05, 4.69) is 13.8 Å². The highest BCUT2D eigenvalue weighted by molar-refractivity contribution is 5.85. The van der Waals surface area contributed by atoms with Crippen molar-refractivity contribution in [3.63, 3.8) is 0 Å². The van der Waals surface area contributed by atoms with Gasteiger partial charge in [-0.25, -0.2) is 4.79 Å². The third-order valence-corrected chi connectivity index (χ3v) is 12.3. The Morgan fingerprint density at radius 2 is 1.82 bits per heavy atom. The van der Waals surface area contributed by atoms with Crippen LogP contribution in [-0.2, 0) is 23.7 Å². The van der Waals surface area contributed by atoms with Crippen LogP contribution in [0.2, 0.25) is 0 Å². The zero-order valence-corrected chi connectivity index (χ0v) is 23.6. The summed E-state index contributed by atoms with van der Waals surface area (Å²) in [5, 5.41) is 45.2. The van der Waals surface area contributed by atoms with Crippen molar-refractivity contribution in [3.05, 3.63) is 11.6 Å². The molecule has 0 bridgehead atoms. The molecule has 0 spiro atoms. The van der Waals surface area contributed by atoms with Crippen LogP contribution in [0.1, 0.15) is 72.1 Å². The van der Waals surface area contributed by atoms with E-state index in [1.54, 1.807) is 13.0 Å².